The van der Waals surface area contributed by atoms with Gasteiger partial charge < -0.3 is 14.5 Å². The lowest BCUT2D eigenvalue weighted by molar-refractivity contribution is -0.116. The van der Waals surface area contributed by atoms with Crippen molar-refractivity contribution in [2.75, 3.05) is 11.9 Å². The van der Waals surface area contributed by atoms with E-state index in [-0.39, 0.29) is 23.4 Å². The largest absolute Gasteiger partial charge is 0.451 e. The summed E-state index contributed by atoms with van der Waals surface area (Å²) in [6, 6.07) is 15.1. The third-order valence-electron chi connectivity index (χ3n) is 4.77. The number of anilines is 1. The Labute approximate surface area is 171 Å². The number of ether oxygens (including phenoxy) is 1. The van der Waals surface area contributed by atoms with E-state index in [1.807, 2.05) is 0 Å². The Morgan fingerprint density at radius 2 is 1.93 bits per heavy atom. The highest BCUT2D eigenvalue weighted by atomic mass is 35.5. The lowest BCUT2D eigenvalue weighted by atomic mass is 9.99. The smallest absolute Gasteiger partial charge is 0.374 e. The quantitative estimate of drug-likeness (QED) is 0.487. The number of fused-ring (bicyclic) bond motifs is 1. The molecule has 2 aromatic carbocycles. The molecule has 4 rings (SSSR count). The van der Waals surface area contributed by atoms with E-state index in [0.717, 1.165) is 5.56 Å². The molecule has 146 valence electrons. The minimum absolute atomic E-state index is 0.0231. The summed E-state index contributed by atoms with van der Waals surface area (Å²) < 4.78 is 10.6. The minimum atomic E-state index is -0.747. The normalized spacial score (nSPS) is 15.0. The Bertz CT molecular complexity index is 1130. The van der Waals surface area contributed by atoms with Gasteiger partial charge in [-0.05, 0) is 55.0 Å². The van der Waals surface area contributed by atoms with E-state index in [9.17, 15) is 14.4 Å². The van der Waals surface area contributed by atoms with Gasteiger partial charge in [0.1, 0.15) is 5.76 Å². The molecule has 1 amide bonds. The van der Waals surface area contributed by atoms with Crippen molar-refractivity contribution in [3.8, 4) is 11.3 Å². The average Bonchev–Trinajstić information content (AvgIpc) is 3.31. The zero-order chi connectivity index (χ0) is 20.5. The molecule has 0 saturated heterocycles. The molecule has 1 aliphatic rings. The summed E-state index contributed by atoms with van der Waals surface area (Å²) in [5, 5.41) is 3.24. The highest BCUT2D eigenvalue weighted by Gasteiger charge is 2.27. The molecule has 1 aromatic heterocycles. The molecule has 29 heavy (non-hydrogen) atoms. The molecular weight excluding hydrogens is 394 g/mol. The van der Waals surface area contributed by atoms with Crippen molar-refractivity contribution < 1.29 is 23.5 Å². The molecule has 0 radical (unpaired) electrons. The number of hydrogen-bond donors (Lipinski definition) is 1. The predicted molar refractivity (Wildman–Crippen MR) is 107 cm³/mol. The van der Waals surface area contributed by atoms with Gasteiger partial charge in [-0.2, -0.15) is 0 Å². The van der Waals surface area contributed by atoms with Crippen LogP contribution in [0.25, 0.3) is 11.3 Å². The van der Waals surface area contributed by atoms with Gasteiger partial charge in [0.05, 0.1) is 10.9 Å². The Morgan fingerprint density at radius 3 is 2.72 bits per heavy atom. The maximum atomic E-state index is 12.4. The molecule has 0 aliphatic carbocycles. The summed E-state index contributed by atoms with van der Waals surface area (Å²) >= 11 is 6.13. The first-order chi connectivity index (χ1) is 13.9. The number of Topliss-reactive ketones (excluding diaryl/α,β-unsaturated/α-hetero) is 1. The highest BCUT2D eigenvalue weighted by molar-refractivity contribution is 6.33. The number of carbonyl (C=O) groups is 3. The molecule has 0 spiro atoms. The number of amides is 1. The molecule has 0 unspecified atom stereocenters. The van der Waals surface area contributed by atoms with Crippen LogP contribution in [0.1, 0.15) is 39.3 Å². The van der Waals surface area contributed by atoms with E-state index in [1.54, 1.807) is 55.5 Å². The van der Waals surface area contributed by atoms with Crippen molar-refractivity contribution in [2.24, 2.45) is 0 Å². The molecule has 0 saturated carbocycles. The van der Waals surface area contributed by atoms with Crippen molar-refractivity contribution in [3.05, 3.63) is 76.5 Å². The van der Waals surface area contributed by atoms with Crippen LogP contribution in [-0.2, 0) is 9.53 Å². The lowest BCUT2D eigenvalue weighted by Gasteiger charge is -2.06. The van der Waals surface area contributed by atoms with Crippen molar-refractivity contribution in [1.29, 1.82) is 0 Å². The first-order valence-corrected chi connectivity index (χ1v) is 9.31. The SMILES string of the molecule is C[C@H]1C(=O)Nc2ccc(C(=O)COC(=O)c3ccc(-c4ccccc4Cl)o3)cc21. The molecule has 7 heteroatoms. The molecule has 2 heterocycles. The third-order valence-corrected chi connectivity index (χ3v) is 5.10. The van der Waals surface area contributed by atoms with E-state index >= 15 is 0 Å². The molecule has 1 aliphatic heterocycles. The van der Waals surface area contributed by atoms with Crippen LogP contribution in [0.2, 0.25) is 5.02 Å². The summed E-state index contributed by atoms with van der Waals surface area (Å²) in [6.45, 7) is 1.33. The van der Waals surface area contributed by atoms with Crippen molar-refractivity contribution >= 4 is 34.9 Å². The fourth-order valence-corrected chi connectivity index (χ4v) is 3.36. The second-order valence-electron chi connectivity index (χ2n) is 6.66. The molecule has 1 atom stereocenters. The van der Waals surface area contributed by atoms with Crippen LogP contribution in [0.3, 0.4) is 0 Å². The van der Waals surface area contributed by atoms with E-state index in [0.29, 0.717) is 27.6 Å². The summed E-state index contributed by atoms with van der Waals surface area (Å²) in [7, 11) is 0. The van der Waals surface area contributed by atoms with Crippen LogP contribution >= 0.6 is 11.6 Å². The Hall–Kier alpha value is -3.38. The van der Waals surface area contributed by atoms with E-state index in [1.165, 1.54) is 6.07 Å². The highest BCUT2D eigenvalue weighted by Crippen LogP contribution is 2.33. The van der Waals surface area contributed by atoms with Crippen molar-refractivity contribution in [3.63, 3.8) is 0 Å². The predicted octanol–water partition coefficient (Wildman–Crippen LogP) is 4.70. The summed E-state index contributed by atoms with van der Waals surface area (Å²) in [5.74, 6) is -1.15. The van der Waals surface area contributed by atoms with Gasteiger partial charge >= 0.3 is 5.97 Å². The standard InChI is InChI=1S/C22H16ClNO5/c1-12-15-10-13(6-7-17(15)24-21(12)26)18(25)11-28-22(27)20-9-8-19(29-20)14-4-2-3-5-16(14)23/h2-10,12H,11H2,1H3,(H,24,26)/t12-/m1/s1. The minimum Gasteiger partial charge on any atom is -0.451 e. The first kappa shape index (κ1) is 19.0. The van der Waals surface area contributed by atoms with Crippen molar-refractivity contribution in [1.82, 2.24) is 0 Å². The van der Waals surface area contributed by atoms with Crippen LogP contribution in [0, 0.1) is 0 Å². The summed E-state index contributed by atoms with van der Waals surface area (Å²) in [5.41, 5.74) is 2.47. The van der Waals surface area contributed by atoms with E-state index < -0.39 is 12.6 Å². The van der Waals surface area contributed by atoms with Gasteiger partial charge in [-0.25, -0.2) is 4.79 Å². The molecule has 3 aromatic rings. The molecular formula is C22H16ClNO5. The second-order valence-corrected chi connectivity index (χ2v) is 7.06. The number of halogens is 1. The average molecular weight is 410 g/mol. The van der Waals surface area contributed by atoms with Crippen LogP contribution in [0.4, 0.5) is 5.69 Å². The lowest BCUT2D eigenvalue weighted by Crippen LogP contribution is -2.14. The number of benzene rings is 2. The van der Waals surface area contributed by atoms with Gasteiger partial charge in [-0.15, -0.1) is 0 Å². The Balaban J connectivity index is 1.42. The van der Waals surface area contributed by atoms with Crippen molar-refractivity contribution in [2.45, 2.75) is 12.8 Å². The van der Waals surface area contributed by atoms with E-state index in [4.69, 9.17) is 20.8 Å². The van der Waals surface area contributed by atoms with Gasteiger partial charge in [0.25, 0.3) is 0 Å². The maximum absolute atomic E-state index is 12.4. The number of ketones is 1. The van der Waals surface area contributed by atoms with Gasteiger partial charge in [-0.3, -0.25) is 9.59 Å². The number of hydrogen-bond acceptors (Lipinski definition) is 5. The fourth-order valence-electron chi connectivity index (χ4n) is 3.13. The zero-order valence-corrected chi connectivity index (χ0v) is 16.2. The molecule has 6 nitrogen and oxygen atoms in total. The third kappa shape index (κ3) is 3.67. The van der Waals surface area contributed by atoms with Crippen LogP contribution in [-0.4, -0.2) is 24.3 Å². The second kappa shape index (κ2) is 7.56. The number of furan rings is 1. The molecule has 0 bridgehead atoms. The maximum Gasteiger partial charge on any atom is 0.374 e. The molecule has 1 N–H and O–H groups in total. The topological polar surface area (TPSA) is 85.6 Å². The molecule has 0 fully saturated rings. The number of nitrogens with one attached hydrogen (secondary N) is 1. The van der Waals surface area contributed by atoms with Crippen LogP contribution in [0.5, 0.6) is 0 Å². The Morgan fingerprint density at radius 1 is 1.14 bits per heavy atom. The van der Waals surface area contributed by atoms with Crippen LogP contribution < -0.4 is 5.32 Å². The zero-order valence-electron chi connectivity index (χ0n) is 15.4. The van der Waals surface area contributed by atoms with Gasteiger partial charge in [0.2, 0.25) is 11.7 Å². The van der Waals surface area contributed by atoms with Crippen LogP contribution in [0.15, 0.2) is 59.0 Å². The van der Waals surface area contributed by atoms with E-state index in [2.05, 4.69) is 5.32 Å². The number of esters is 1. The number of rotatable bonds is 5. The summed E-state index contributed by atoms with van der Waals surface area (Å²) in [6.07, 6.45) is 0. The Kier molecular flexibility index (Phi) is 4.94. The number of carbonyl (C=O) groups excluding carboxylic acids is 3. The monoisotopic (exact) mass is 409 g/mol. The van der Waals surface area contributed by atoms with Gasteiger partial charge in [0.15, 0.2) is 12.4 Å². The first-order valence-electron chi connectivity index (χ1n) is 8.94. The van der Waals surface area contributed by atoms with Gasteiger partial charge in [0, 0.05) is 16.8 Å². The van der Waals surface area contributed by atoms with Gasteiger partial charge in [-0.1, -0.05) is 23.7 Å². The summed E-state index contributed by atoms with van der Waals surface area (Å²) in [4.78, 5) is 36.4. The fraction of sp³-hybridized carbons (Fsp3) is 0.136.